The number of halogens is 1. The second-order valence-electron chi connectivity index (χ2n) is 5.26. The van der Waals surface area contributed by atoms with E-state index in [0.717, 1.165) is 0 Å². The smallest absolute Gasteiger partial charge is 0.342 e. The summed E-state index contributed by atoms with van der Waals surface area (Å²) in [4.78, 5) is 50.6. The number of nitrogens with zero attached hydrogens (tertiary/aromatic N) is 2. The molecule has 146 valence electrons. The molecule has 9 nitrogen and oxygen atoms in total. The van der Waals surface area contributed by atoms with Crippen LogP contribution in [0.1, 0.15) is 37.6 Å². The van der Waals surface area contributed by atoms with Gasteiger partial charge in [0.25, 0.3) is 5.69 Å². The Hall–Kier alpha value is -2.81. The van der Waals surface area contributed by atoms with Crippen molar-refractivity contribution in [2.24, 2.45) is 4.99 Å². The van der Waals surface area contributed by atoms with Crippen molar-refractivity contribution < 1.29 is 28.8 Å². The number of Topliss-reactive ketones (excluding diaryl/α,β-unsaturated/α-hetero) is 1. The SMILES string of the molecule is CCOC(=O)C(N=C(C)CC(=O)c1cccc(Cl)c1[N+](=O)[O-])C(=O)OCC. The Morgan fingerprint density at radius 1 is 1.19 bits per heavy atom. The van der Waals surface area contributed by atoms with E-state index in [1.807, 2.05) is 0 Å². The molecule has 0 aromatic heterocycles. The molecular weight excluding hydrogens is 380 g/mol. The molecule has 0 unspecified atom stereocenters. The number of ether oxygens (including phenoxy) is 2. The summed E-state index contributed by atoms with van der Waals surface area (Å²) in [6.07, 6.45) is -0.351. The number of aliphatic imine (C=N–C) groups is 1. The molecule has 0 spiro atoms. The van der Waals surface area contributed by atoms with Gasteiger partial charge in [-0.3, -0.25) is 19.9 Å². The van der Waals surface area contributed by atoms with Crippen molar-refractivity contribution >= 4 is 40.7 Å². The molecular formula is C17H19ClN2O7. The van der Waals surface area contributed by atoms with Crippen molar-refractivity contribution in [1.29, 1.82) is 0 Å². The minimum Gasteiger partial charge on any atom is -0.464 e. The number of ketones is 1. The summed E-state index contributed by atoms with van der Waals surface area (Å²) in [6.45, 7) is 4.63. The first-order chi connectivity index (χ1) is 12.7. The molecule has 0 fully saturated rings. The van der Waals surface area contributed by atoms with E-state index >= 15 is 0 Å². The van der Waals surface area contributed by atoms with Gasteiger partial charge in [-0.25, -0.2) is 9.59 Å². The van der Waals surface area contributed by atoms with Crippen LogP contribution in [0.5, 0.6) is 0 Å². The number of carbonyl (C=O) groups is 3. The molecule has 0 saturated heterocycles. The first-order valence-corrected chi connectivity index (χ1v) is 8.43. The Morgan fingerprint density at radius 2 is 1.74 bits per heavy atom. The summed E-state index contributed by atoms with van der Waals surface area (Å²) >= 11 is 5.80. The van der Waals surface area contributed by atoms with E-state index in [1.54, 1.807) is 13.8 Å². The van der Waals surface area contributed by atoms with Crippen LogP contribution in [0.4, 0.5) is 5.69 Å². The molecule has 0 atom stereocenters. The van der Waals surface area contributed by atoms with Gasteiger partial charge in [-0.2, -0.15) is 0 Å². The van der Waals surface area contributed by atoms with Crippen LogP contribution in [0, 0.1) is 10.1 Å². The largest absolute Gasteiger partial charge is 0.464 e. The first-order valence-electron chi connectivity index (χ1n) is 8.05. The maximum atomic E-state index is 12.4. The van der Waals surface area contributed by atoms with E-state index in [2.05, 4.69) is 4.99 Å². The van der Waals surface area contributed by atoms with Crippen LogP contribution in [-0.4, -0.2) is 47.6 Å². The van der Waals surface area contributed by atoms with E-state index in [-0.39, 0.29) is 35.9 Å². The zero-order chi connectivity index (χ0) is 20.6. The van der Waals surface area contributed by atoms with Gasteiger partial charge < -0.3 is 9.47 Å². The van der Waals surface area contributed by atoms with E-state index in [9.17, 15) is 24.5 Å². The fourth-order valence-corrected chi connectivity index (χ4v) is 2.41. The van der Waals surface area contributed by atoms with Gasteiger partial charge in [0.2, 0.25) is 6.04 Å². The van der Waals surface area contributed by atoms with Crippen LogP contribution in [0.2, 0.25) is 5.02 Å². The molecule has 27 heavy (non-hydrogen) atoms. The second-order valence-corrected chi connectivity index (χ2v) is 5.67. The fourth-order valence-electron chi connectivity index (χ4n) is 2.16. The Kier molecular flexibility index (Phi) is 8.53. The number of nitro groups is 1. The Balaban J connectivity index is 3.10. The summed E-state index contributed by atoms with van der Waals surface area (Å²) in [5, 5.41) is 11.0. The van der Waals surface area contributed by atoms with Crippen molar-refractivity contribution in [2.45, 2.75) is 33.2 Å². The molecule has 0 bridgehead atoms. The van der Waals surface area contributed by atoms with E-state index in [0.29, 0.717) is 0 Å². The maximum Gasteiger partial charge on any atom is 0.342 e. The predicted molar refractivity (Wildman–Crippen MR) is 97.2 cm³/mol. The third-order valence-corrected chi connectivity index (χ3v) is 3.56. The molecule has 1 aromatic carbocycles. The molecule has 0 aliphatic rings. The lowest BCUT2D eigenvalue weighted by molar-refractivity contribution is -0.385. The van der Waals surface area contributed by atoms with Gasteiger partial charge in [-0.1, -0.05) is 17.7 Å². The van der Waals surface area contributed by atoms with Gasteiger partial charge in [-0.05, 0) is 32.9 Å². The number of hydrogen-bond acceptors (Lipinski definition) is 8. The van der Waals surface area contributed by atoms with Crippen molar-refractivity contribution in [3.05, 3.63) is 38.9 Å². The Bertz CT molecular complexity index is 759. The maximum absolute atomic E-state index is 12.4. The molecule has 10 heteroatoms. The topological polar surface area (TPSA) is 125 Å². The number of nitro benzene ring substituents is 1. The van der Waals surface area contributed by atoms with Gasteiger partial charge in [0.1, 0.15) is 5.02 Å². The molecule has 1 rings (SSSR count). The molecule has 0 heterocycles. The minimum atomic E-state index is -1.56. The number of rotatable bonds is 9. The van der Waals surface area contributed by atoms with Gasteiger partial charge >= 0.3 is 11.9 Å². The lowest BCUT2D eigenvalue weighted by Crippen LogP contribution is -2.33. The highest BCUT2D eigenvalue weighted by Gasteiger charge is 2.30. The molecule has 0 aliphatic carbocycles. The van der Waals surface area contributed by atoms with E-state index in [1.165, 1.54) is 25.1 Å². The summed E-state index contributed by atoms with van der Waals surface area (Å²) < 4.78 is 9.58. The highest BCUT2D eigenvalue weighted by molar-refractivity contribution is 6.33. The van der Waals surface area contributed by atoms with Gasteiger partial charge in [0, 0.05) is 12.1 Å². The van der Waals surface area contributed by atoms with Crippen molar-refractivity contribution in [1.82, 2.24) is 0 Å². The first kappa shape index (κ1) is 22.2. The van der Waals surface area contributed by atoms with Crippen LogP contribution < -0.4 is 0 Å². The van der Waals surface area contributed by atoms with Crippen molar-refractivity contribution in [3.63, 3.8) is 0 Å². The monoisotopic (exact) mass is 398 g/mol. The predicted octanol–water partition coefficient (Wildman–Crippen LogP) is 2.78. The summed E-state index contributed by atoms with van der Waals surface area (Å²) in [5.41, 5.74) is -0.587. The number of hydrogen-bond donors (Lipinski definition) is 0. The fraction of sp³-hybridized carbons (Fsp3) is 0.412. The summed E-state index contributed by atoms with van der Waals surface area (Å²) in [5.74, 6) is -2.44. The average molecular weight is 399 g/mol. The zero-order valence-corrected chi connectivity index (χ0v) is 15.8. The van der Waals surface area contributed by atoms with Crippen molar-refractivity contribution in [3.8, 4) is 0 Å². The van der Waals surface area contributed by atoms with E-state index < -0.39 is 34.4 Å². The molecule has 0 amide bonds. The Morgan fingerprint density at radius 3 is 2.22 bits per heavy atom. The highest BCUT2D eigenvalue weighted by Crippen LogP contribution is 2.29. The molecule has 1 aromatic rings. The van der Waals surface area contributed by atoms with Gasteiger partial charge in [0.05, 0.1) is 23.7 Å². The van der Waals surface area contributed by atoms with Crippen LogP contribution in [0.25, 0.3) is 0 Å². The van der Waals surface area contributed by atoms with E-state index in [4.69, 9.17) is 21.1 Å². The number of esters is 2. The third-order valence-electron chi connectivity index (χ3n) is 3.26. The minimum absolute atomic E-state index is 0.0386. The quantitative estimate of drug-likeness (QED) is 0.156. The highest BCUT2D eigenvalue weighted by atomic mass is 35.5. The van der Waals surface area contributed by atoms with Crippen molar-refractivity contribution in [2.75, 3.05) is 13.2 Å². The lowest BCUT2D eigenvalue weighted by atomic mass is 10.0. The third kappa shape index (κ3) is 6.14. The standard InChI is InChI=1S/C17H19ClN2O7/c1-4-26-16(22)14(17(23)27-5-2)19-10(3)9-13(21)11-7-6-8-12(18)15(11)20(24)25/h6-8,14H,4-5,9H2,1-3H3. The van der Waals surface area contributed by atoms with Crippen LogP contribution in [-0.2, 0) is 19.1 Å². The molecule has 0 aliphatic heterocycles. The van der Waals surface area contributed by atoms with Crippen LogP contribution >= 0.6 is 11.6 Å². The van der Waals surface area contributed by atoms with Gasteiger partial charge in [-0.15, -0.1) is 0 Å². The van der Waals surface area contributed by atoms with Crippen LogP contribution in [0.15, 0.2) is 23.2 Å². The Labute approximate surface area is 160 Å². The lowest BCUT2D eigenvalue weighted by Gasteiger charge is -2.12. The molecule has 0 saturated carbocycles. The average Bonchev–Trinajstić information content (AvgIpc) is 2.59. The summed E-state index contributed by atoms with van der Waals surface area (Å²) in [7, 11) is 0. The summed E-state index contributed by atoms with van der Waals surface area (Å²) in [6, 6.07) is 2.42. The molecule has 0 radical (unpaired) electrons. The van der Waals surface area contributed by atoms with Gasteiger partial charge in [0.15, 0.2) is 5.78 Å². The number of benzene rings is 1. The normalized spacial score (nSPS) is 11.2. The van der Waals surface area contributed by atoms with Crippen LogP contribution in [0.3, 0.4) is 0 Å². The number of carbonyl (C=O) groups excluding carboxylic acids is 3. The molecule has 0 N–H and O–H groups in total. The second kappa shape index (κ2) is 10.4. The number of para-hydroxylation sites is 1. The zero-order valence-electron chi connectivity index (χ0n) is 15.1.